The number of carbonyl (C=O) groups is 1. The molecule has 1 aromatic heterocycles. The smallest absolute Gasteiger partial charge is 0.253 e. The summed E-state index contributed by atoms with van der Waals surface area (Å²) in [5, 5.41) is 0. The maximum absolute atomic E-state index is 12.1. The minimum absolute atomic E-state index is 0.0318. The Morgan fingerprint density at radius 2 is 1.77 bits per heavy atom. The molecule has 5 heteroatoms. The van der Waals surface area contributed by atoms with E-state index in [9.17, 15) is 4.79 Å². The largest absolute Gasteiger partial charge is 0.352 e. The van der Waals surface area contributed by atoms with Crippen molar-refractivity contribution in [1.82, 2.24) is 14.9 Å². The molecular weight excluding hydrogens is 324 g/mol. The highest BCUT2D eigenvalue weighted by Crippen LogP contribution is 2.29. The normalized spacial score (nSPS) is 13.2. The molecule has 1 aliphatic carbocycles. The lowest BCUT2D eigenvalue weighted by Crippen LogP contribution is -2.27. The van der Waals surface area contributed by atoms with Crippen LogP contribution in [0, 0.1) is 6.92 Å². The van der Waals surface area contributed by atoms with Crippen molar-refractivity contribution in [3.05, 3.63) is 52.5 Å². The Labute approximate surface area is 156 Å². The molecule has 0 spiro atoms. The molecule has 0 atom stereocenters. The maximum Gasteiger partial charge on any atom is 0.253 e. The first-order valence-electron chi connectivity index (χ1n) is 9.41. The van der Waals surface area contributed by atoms with Gasteiger partial charge in [0.2, 0.25) is 0 Å². The highest BCUT2D eigenvalue weighted by molar-refractivity contribution is 5.93. The summed E-state index contributed by atoms with van der Waals surface area (Å²) < 4.78 is 0. The van der Waals surface area contributed by atoms with E-state index in [0.717, 1.165) is 43.1 Å². The van der Waals surface area contributed by atoms with E-state index in [2.05, 4.69) is 16.8 Å². The lowest BCUT2D eigenvalue weighted by atomic mass is 9.96. The van der Waals surface area contributed by atoms with Gasteiger partial charge in [0.25, 0.3) is 5.91 Å². The summed E-state index contributed by atoms with van der Waals surface area (Å²) in [6.45, 7) is 5.82. The first-order chi connectivity index (χ1) is 12.5. The molecule has 0 N–H and O–H groups in total. The molecule has 0 saturated carbocycles. The fourth-order valence-electron chi connectivity index (χ4n) is 3.52. The van der Waals surface area contributed by atoms with Crippen molar-refractivity contribution < 1.29 is 4.79 Å². The molecule has 0 unspecified atom stereocenters. The van der Waals surface area contributed by atoms with E-state index in [1.165, 1.54) is 29.7 Å². The Morgan fingerprint density at radius 3 is 2.42 bits per heavy atom. The summed E-state index contributed by atoms with van der Waals surface area (Å²) in [6, 6.07) is 7.90. The zero-order valence-electron chi connectivity index (χ0n) is 16.2. The first kappa shape index (κ1) is 18.4. The van der Waals surface area contributed by atoms with Gasteiger partial charge in [-0.1, -0.05) is 12.1 Å². The lowest BCUT2D eigenvalue weighted by Gasteiger charge is -2.28. The van der Waals surface area contributed by atoms with Crippen molar-refractivity contribution in [2.24, 2.45) is 0 Å². The van der Waals surface area contributed by atoms with E-state index in [1.807, 2.05) is 31.2 Å². The summed E-state index contributed by atoms with van der Waals surface area (Å²) in [7, 11) is 3.55. The Morgan fingerprint density at radius 1 is 1.08 bits per heavy atom. The van der Waals surface area contributed by atoms with Gasteiger partial charge in [0.05, 0.1) is 0 Å². The number of benzene rings is 1. The van der Waals surface area contributed by atoms with Crippen molar-refractivity contribution >= 4 is 11.7 Å². The van der Waals surface area contributed by atoms with E-state index in [4.69, 9.17) is 4.98 Å². The standard InChI is InChI=1S/C21H28N4O/c1-5-25(14-16-10-12-17(13-11-16)21(26)24(3)4)20-18-8-6-7-9-19(18)22-15(2)23-20/h10-13H,5-9,14H2,1-4H3. The molecule has 0 bridgehead atoms. The van der Waals surface area contributed by atoms with Crippen molar-refractivity contribution in [2.75, 3.05) is 25.5 Å². The monoisotopic (exact) mass is 352 g/mol. The second-order valence-corrected chi connectivity index (χ2v) is 7.14. The van der Waals surface area contributed by atoms with Gasteiger partial charge in [-0.3, -0.25) is 4.79 Å². The second kappa shape index (κ2) is 7.85. The maximum atomic E-state index is 12.1. The molecule has 26 heavy (non-hydrogen) atoms. The number of nitrogens with zero attached hydrogens (tertiary/aromatic N) is 4. The molecule has 1 aliphatic rings. The van der Waals surface area contributed by atoms with E-state index in [-0.39, 0.29) is 5.91 Å². The number of fused-ring (bicyclic) bond motifs is 1. The van der Waals surface area contributed by atoms with Gasteiger partial charge in [-0.15, -0.1) is 0 Å². The van der Waals surface area contributed by atoms with Gasteiger partial charge < -0.3 is 9.80 Å². The molecule has 1 heterocycles. The van der Waals surface area contributed by atoms with Crippen LogP contribution in [-0.2, 0) is 19.4 Å². The molecule has 2 aromatic rings. The molecule has 5 nitrogen and oxygen atoms in total. The highest BCUT2D eigenvalue weighted by atomic mass is 16.2. The van der Waals surface area contributed by atoms with Crippen LogP contribution in [0.2, 0.25) is 0 Å². The molecule has 3 rings (SSSR count). The summed E-state index contributed by atoms with van der Waals surface area (Å²) in [5.41, 5.74) is 4.45. The van der Waals surface area contributed by atoms with Gasteiger partial charge in [0.15, 0.2) is 0 Å². The van der Waals surface area contributed by atoms with Crippen LogP contribution in [0.25, 0.3) is 0 Å². The average molecular weight is 352 g/mol. The van der Waals surface area contributed by atoms with Crippen LogP contribution < -0.4 is 4.90 Å². The number of anilines is 1. The topological polar surface area (TPSA) is 49.3 Å². The van der Waals surface area contributed by atoms with Gasteiger partial charge in [-0.25, -0.2) is 9.97 Å². The lowest BCUT2D eigenvalue weighted by molar-refractivity contribution is 0.0827. The third kappa shape index (κ3) is 3.87. The van der Waals surface area contributed by atoms with Gasteiger partial charge in [0.1, 0.15) is 11.6 Å². The van der Waals surface area contributed by atoms with Crippen molar-refractivity contribution in [1.29, 1.82) is 0 Å². The third-order valence-corrected chi connectivity index (χ3v) is 4.93. The van der Waals surface area contributed by atoms with Crippen LogP contribution in [-0.4, -0.2) is 41.4 Å². The Balaban J connectivity index is 1.84. The van der Waals surface area contributed by atoms with Crippen LogP contribution in [0.5, 0.6) is 0 Å². The predicted molar refractivity (Wildman–Crippen MR) is 105 cm³/mol. The van der Waals surface area contributed by atoms with Crippen LogP contribution >= 0.6 is 0 Å². The van der Waals surface area contributed by atoms with Gasteiger partial charge in [-0.05, 0) is 57.2 Å². The fourth-order valence-corrected chi connectivity index (χ4v) is 3.52. The van der Waals surface area contributed by atoms with Gasteiger partial charge >= 0.3 is 0 Å². The minimum atomic E-state index is 0.0318. The number of carbonyl (C=O) groups excluding carboxylic acids is 1. The predicted octanol–water partition coefficient (Wildman–Crippen LogP) is 3.39. The third-order valence-electron chi connectivity index (χ3n) is 4.93. The SMILES string of the molecule is CCN(Cc1ccc(C(=O)N(C)C)cc1)c1nc(C)nc2c1CCCC2. The number of aromatic nitrogens is 2. The van der Waals surface area contributed by atoms with Gasteiger partial charge in [0, 0.05) is 44.0 Å². The molecule has 0 aliphatic heterocycles. The van der Waals surface area contributed by atoms with E-state index in [1.54, 1.807) is 19.0 Å². The highest BCUT2D eigenvalue weighted by Gasteiger charge is 2.20. The van der Waals surface area contributed by atoms with E-state index < -0.39 is 0 Å². The summed E-state index contributed by atoms with van der Waals surface area (Å²) in [6.07, 6.45) is 4.56. The number of amides is 1. The summed E-state index contributed by atoms with van der Waals surface area (Å²) >= 11 is 0. The molecule has 1 aromatic carbocycles. The molecule has 0 radical (unpaired) electrons. The average Bonchev–Trinajstić information content (AvgIpc) is 2.65. The molecule has 138 valence electrons. The number of aryl methyl sites for hydroxylation is 2. The van der Waals surface area contributed by atoms with Crippen LogP contribution in [0.1, 0.15) is 52.8 Å². The number of hydrogen-bond acceptors (Lipinski definition) is 4. The molecule has 0 saturated heterocycles. The molecule has 1 amide bonds. The van der Waals surface area contributed by atoms with Crippen molar-refractivity contribution in [2.45, 2.75) is 46.1 Å². The second-order valence-electron chi connectivity index (χ2n) is 7.14. The minimum Gasteiger partial charge on any atom is -0.352 e. The Kier molecular flexibility index (Phi) is 5.55. The fraction of sp³-hybridized carbons (Fsp3) is 0.476. The van der Waals surface area contributed by atoms with Crippen LogP contribution in [0.15, 0.2) is 24.3 Å². The zero-order chi connectivity index (χ0) is 18.7. The molecule has 0 fully saturated rings. The summed E-state index contributed by atoms with van der Waals surface area (Å²) in [4.78, 5) is 25.4. The summed E-state index contributed by atoms with van der Waals surface area (Å²) in [5.74, 6) is 1.97. The quantitative estimate of drug-likeness (QED) is 0.828. The van der Waals surface area contributed by atoms with Crippen molar-refractivity contribution in [3.8, 4) is 0 Å². The Bertz CT molecular complexity index is 783. The zero-order valence-corrected chi connectivity index (χ0v) is 16.2. The van der Waals surface area contributed by atoms with Crippen LogP contribution in [0.4, 0.5) is 5.82 Å². The molecular formula is C21H28N4O. The number of rotatable bonds is 5. The van der Waals surface area contributed by atoms with Gasteiger partial charge in [-0.2, -0.15) is 0 Å². The van der Waals surface area contributed by atoms with E-state index >= 15 is 0 Å². The Hall–Kier alpha value is -2.43. The first-order valence-corrected chi connectivity index (χ1v) is 9.41. The van der Waals surface area contributed by atoms with E-state index in [0.29, 0.717) is 0 Å². The van der Waals surface area contributed by atoms with Crippen molar-refractivity contribution in [3.63, 3.8) is 0 Å². The number of hydrogen-bond donors (Lipinski definition) is 0. The van der Waals surface area contributed by atoms with Crippen LogP contribution in [0.3, 0.4) is 0 Å².